The van der Waals surface area contributed by atoms with Crippen LogP contribution in [-0.4, -0.2) is 63.4 Å². The van der Waals surface area contributed by atoms with Crippen molar-refractivity contribution in [2.45, 2.75) is 0 Å². The number of para-hydroxylation sites is 2. The number of rotatable bonds is 5. The smallest absolute Gasteiger partial charge is 0.322 e. The molecule has 2 heterocycles. The zero-order valence-corrected chi connectivity index (χ0v) is 18.0. The largest absolute Gasteiger partial charge is 0.495 e. The molecule has 1 saturated heterocycles. The van der Waals surface area contributed by atoms with Crippen LogP contribution in [0.2, 0.25) is 0 Å². The second-order valence-electron chi connectivity index (χ2n) is 6.75. The lowest BCUT2D eigenvalue weighted by Gasteiger charge is -2.34. The molecule has 3 aromatic rings. The average molecular weight is 429 g/mol. The Bertz CT molecular complexity index is 1010. The second kappa shape index (κ2) is 8.66. The summed E-state index contributed by atoms with van der Waals surface area (Å²) in [4.78, 5) is 21.5. The van der Waals surface area contributed by atoms with Crippen LogP contribution in [0.3, 0.4) is 0 Å². The summed E-state index contributed by atoms with van der Waals surface area (Å²) in [6.45, 7) is 2.60. The Hall–Kier alpha value is -3.20. The van der Waals surface area contributed by atoms with Gasteiger partial charge in [-0.15, -0.1) is 0 Å². The van der Waals surface area contributed by atoms with Crippen LogP contribution in [0.5, 0.6) is 17.2 Å². The van der Waals surface area contributed by atoms with E-state index in [0.717, 1.165) is 26.8 Å². The fourth-order valence-corrected chi connectivity index (χ4v) is 4.58. The summed E-state index contributed by atoms with van der Waals surface area (Å²) in [7, 11) is 4.88. The van der Waals surface area contributed by atoms with Crippen LogP contribution in [0, 0.1) is 0 Å². The Morgan fingerprint density at radius 3 is 2.30 bits per heavy atom. The van der Waals surface area contributed by atoms with E-state index in [-0.39, 0.29) is 6.03 Å². The van der Waals surface area contributed by atoms with Gasteiger partial charge in [-0.25, -0.2) is 9.78 Å². The Morgan fingerprint density at radius 1 is 0.933 bits per heavy atom. The molecule has 8 nitrogen and oxygen atoms in total. The number of nitrogens with one attached hydrogen (secondary N) is 1. The van der Waals surface area contributed by atoms with E-state index < -0.39 is 0 Å². The van der Waals surface area contributed by atoms with Crippen molar-refractivity contribution in [3.63, 3.8) is 0 Å². The minimum absolute atomic E-state index is 0.133. The highest BCUT2D eigenvalue weighted by molar-refractivity contribution is 7.22. The lowest BCUT2D eigenvalue weighted by molar-refractivity contribution is 0.208. The molecule has 0 spiro atoms. The molecule has 158 valence electrons. The number of hydrogen-bond donors (Lipinski definition) is 1. The van der Waals surface area contributed by atoms with Crippen molar-refractivity contribution in [1.29, 1.82) is 0 Å². The molecule has 1 fully saturated rings. The number of nitrogens with zero attached hydrogens (tertiary/aromatic N) is 3. The first kappa shape index (κ1) is 20.1. The van der Waals surface area contributed by atoms with Gasteiger partial charge in [0, 0.05) is 26.2 Å². The predicted molar refractivity (Wildman–Crippen MR) is 119 cm³/mol. The van der Waals surface area contributed by atoms with Gasteiger partial charge < -0.3 is 29.3 Å². The maximum atomic E-state index is 12.7. The number of benzene rings is 2. The zero-order chi connectivity index (χ0) is 21.1. The Kier molecular flexibility index (Phi) is 5.80. The first-order chi connectivity index (χ1) is 14.6. The zero-order valence-electron chi connectivity index (χ0n) is 17.2. The van der Waals surface area contributed by atoms with Crippen LogP contribution in [0.4, 0.5) is 15.6 Å². The molecule has 0 saturated carbocycles. The van der Waals surface area contributed by atoms with E-state index in [1.165, 1.54) is 0 Å². The van der Waals surface area contributed by atoms with Crippen molar-refractivity contribution in [3.05, 3.63) is 36.4 Å². The number of thiazole rings is 1. The molecule has 0 aliphatic carbocycles. The summed E-state index contributed by atoms with van der Waals surface area (Å²) < 4.78 is 17.2. The van der Waals surface area contributed by atoms with E-state index >= 15 is 0 Å². The molecular weight excluding hydrogens is 404 g/mol. The summed E-state index contributed by atoms with van der Waals surface area (Å²) in [5.41, 5.74) is 1.46. The van der Waals surface area contributed by atoms with Crippen molar-refractivity contribution >= 4 is 38.4 Å². The Labute approximate surface area is 179 Å². The SMILES string of the molecule is COc1ccccc1NC(=O)N1CCN(c2nc3c(OC)ccc(OC)c3s2)CC1. The van der Waals surface area contributed by atoms with E-state index in [2.05, 4.69) is 10.2 Å². The molecule has 4 rings (SSSR count). The van der Waals surface area contributed by atoms with E-state index in [4.69, 9.17) is 19.2 Å². The monoisotopic (exact) mass is 428 g/mol. The number of fused-ring (bicyclic) bond motifs is 1. The summed E-state index contributed by atoms with van der Waals surface area (Å²) in [6.07, 6.45) is 0. The van der Waals surface area contributed by atoms with Gasteiger partial charge in [-0.2, -0.15) is 0 Å². The first-order valence-corrected chi connectivity index (χ1v) is 10.4. The number of amides is 2. The van der Waals surface area contributed by atoms with Gasteiger partial charge >= 0.3 is 6.03 Å². The van der Waals surface area contributed by atoms with Crippen molar-refractivity contribution in [3.8, 4) is 17.2 Å². The molecule has 30 heavy (non-hydrogen) atoms. The molecule has 2 amide bonds. The summed E-state index contributed by atoms with van der Waals surface area (Å²) in [6, 6.07) is 11.0. The van der Waals surface area contributed by atoms with Gasteiger partial charge in [0.1, 0.15) is 27.5 Å². The Morgan fingerprint density at radius 2 is 1.60 bits per heavy atom. The van der Waals surface area contributed by atoms with Gasteiger partial charge in [0.25, 0.3) is 0 Å². The third-order valence-electron chi connectivity index (χ3n) is 5.08. The molecule has 1 aromatic heterocycles. The van der Waals surface area contributed by atoms with Gasteiger partial charge in [0.05, 0.1) is 27.0 Å². The highest BCUT2D eigenvalue weighted by Crippen LogP contribution is 2.40. The molecule has 0 atom stereocenters. The van der Waals surface area contributed by atoms with Crippen molar-refractivity contribution in [1.82, 2.24) is 9.88 Å². The number of piperazine rings is 1. The molecule has 2 aromatic carbocycles. The van der Waals surface area contributed by atoms with Crippen LogP contribution in [0.25, 0.3) is 10.2 Å². The molecule has 0 radical (unpaired) electrons. The van der Waals surface area contributed by atoms with Crippen LogP contribution in [0.15, 0.2) is 36.4 Å². The lowest BCUT2D eigenvalue weighted by atomic mass is 10.3. The van der Waals surface area contributed by atoms with E-state index in [1.54, 1.807) is 37.6 Å². The number of ether oxygens (including phenoxy) is 3. The number of hydrogen-bond acceptors (Lipinski definition) is 7. The van der Waals surface area contributed by atoms with E-state index in [1.807, 2.05) is 36.4 Å². The highest BCUT2D eigenvalue weighted by Gasteiger charge is 2.25. The van der Waals surface area contributed by atoms with Crippen molar-refractivity contribution in [2.24, 2.45) is 0 Å². The van der Waals surface area contributed by atoms with Crippen LogP contribution in [-0.2, 0) is 0 Å². The third-order valence-corrected chi connectivity index (χ3v) is 6.22. The molecule has 0 unspecified atom stereocenters. The fourth-order valence-electron chi connectivity index (χ4n) is 3.45. The van der Waals surface area contributed by atoms with E-state index in [0.29, 0.717) is 37.6 Å². The number of urea groups is 1. The van der Waals surface area contributed by atoms with Crippen molar-refractivity contribution in [2.75, 3.05) is 57.7 Å². The molecule has 1 aliphatic rings. The van der Waals surface area contributed by atoms with Crippen molar-refractivity contribution < 1.29 is 19.0 Å². The standard InChI is InChI=1S/C21H24N4O4S/c1-27-15-7-5-4-6-14(15)22-20(26)24-10-12-25(13-11-24)21-23-18-16(28-2)8-9-17(29-3)19(18)30-21/h4-9H,10-13H2,1-3H3,(H,22,26). The number of carbonyl (C=O) groups excluding carboxylic acids is 1. The predicted octanol–water partition coefficient (Wildman–Crippen LogP) is 3.68. The topological polar surface area (TPSA) is 76.2 Å². The fraction of sp³-hybridized carbons (Fsp3) is 0.333. The first-order valence-electron chi connectivity index (χ1n) is 9.60. The minimum Gasteiger partial charge on any atom is -0.495 e. The van der Waals surface area contributed by atoms with Gasteiger partial charge in [0.15, 0.2) is 5.13 Å². The number of anilines is 2. The quantitative estimate of drug-likeness (QED) is 0.668. The maximum absolute atomic E-state index is 12.7. The van der Waals surface area contributed by atoms with Crippen LogP contribution in [0.1, 0.15) is 0 Å². The van der Waals surface area contributed by atoms with E-state index in [9.17, 15) is 4.79 Å². The second-order valence-corrected chi connectivity index (χ2v) is 7.73. The number of aromatic nitrogens is 1. The maximum Gasteiger partial charge on any atom is 0.322 e. The lowest BCUT2D eigenvalue weighted by Crippen LogP contribution is -2.50. The van der Waals surface area contributed by atoms with Crippen LogP contribution < -0.4 is 24.4 Å². The molecule has 1 N–H and O–H groups in total. The summed E-state index contributed by atoms with van der Waals surface area (Å²) >= 11 is 1.58. The third kappa shape index (κ3) is 3.80. The number of carbonyl (C=O) groups is 1. The average Bonchev–Trinajstić information content (AvgIpc) is 3.24. The summed E-state index contributed by atoms with van der Waals surface area (Å²) in [5, 5.41) is 3.84. The normalized spacial score (nSPS) is 14.0. The minimum atomic E-state index is -0.133. The Balaban J connectivity index is 1.45. The molecule has 9 heteroatoms. The molecule has 1 aliphatic heterocycles. The van der Waals surface area contributed by atoms with Gasteiger partial charge in [-0.05, 0) is 24.3 Å². The molecule has 0 bridgehead atoms. The van der Waals surface area contributed by atoms with Gasteiger partial charge in [0.2, 0.25) is 0 Å². The van der Waals surface area contributed by atoms with Gasteiger partial charge in [-0.3, -0.25) is 0 Å². The molecular formula is C21H24N4O4S. The summed E-state index contributed by atoms with van der Waals surface area (Å²) in [5.74, 6) is 2.15. The van der Waals surface area contributed by atoms with Crippen LogP contribution >= 0.6 is 11.3 Å². The highest BCUT2D eigenvalue weighted by atomic mass is 32.1. The van der Waals surface area contributed by atoms with Gasteiger partial charge in [-0.1, -0.05) is 23.5 Å². The number of methoxy groups -OCH3 is 3.